The van der Waals surface area contributed by atoms with Crippen LogP contribution in [-0.4, -0.2) is 6.04 Å². The van der Waals surface area contributed by atoms with Crippen LogP contribution in [0.2, 0.25) is 0 Å². The molecule has 2 heteroatoms. The van der Waals surface area contributed by atoms with Crippen LogP contribution in [0.5, 0.6) is 0 Å². The largest absolute Gasteiger partial charge is 0.310 e. The molecule has 1 nitrogen and oxygen atoms in total. The van der Waals surface area contributed by atoms with Crippen molar-refractivity contribution in [3.05, 3.63) is 35.6 Å². The van der Waals surface area contributed by atoms with Crippen molar-refractivity contribution in [1.29, 1.82) is 0 Å². The van der Waals surface area contributed by atoms with Gasteiger partial charge >= 0.3 is 0 Å². The van der Waals surface area contributed by atoms with Gasteiger partial charge in [0.2, 0.25) is 0 Å². The molecule has 0 bridgehead atoms. The van der Waals surface area contributed by atoms with E-state index in [1.807, 2.05) is 12.1 Å². The Labute approximate surface area is 97.1 Å². The minimum Gasteiger partial charge on any atom is -0.310 e. The lowest BCUT2D eigenvalue weighted by molar-refractivity contribution is 0.306. The van der Waals surface area contributed by atoms with Crippen LogP contribution in [0.1, 0.15) is 38.2 Å². The van der Waals surface area contributed by atoms with Gasteiger partial charge in [0, 0.05) is 12.6 Å². The molecule has 0 heterocycles. The van der Waals surface area contributed by atoms with Gasteiger partial charge in [-0.2, -0.15) is 0 Å². The molecule has 1 N–H and O–H groups in total. The fourth-order valence-corrected chi connectivity index (χ4v) is 2.33. The molecule has 0 radical (unpaired) electrons. The molecule has 0 aliphatic heterocycles. The quantitative estimate of drug-likeness (QED) is 0.823. The van der Waals surface area contributed by atoms with Gasteiger partial charge in [-0.3, -0.25) is 0 Å². The molecule has 1 fully saturated rings. The molecule has 1 aliphatic carbocycles. The van der Waals surface area contributed by atoms with Crippen LogP contribution in [0.3, 0.4) is 0 Å². The van der Waals surface area contributed by atoms with Crippen LogP contribution in [0, 0.1) is 11.7 Å². The second kappa shape index (κ2) is 5.44. The minimum atomic E-state index is -0.157. The van der Waals surface area contributed by atoms with E-state index in [1.165, 1.54) is 43.4 Å². The van der Waals surface area contributed by atoms with Gasteiger partial charge < -0.3 is 5.32 Å². The first-order valence-electron chi connectivity index (χ1n) is 6.22. The lowest BCUT2D eigenvalue weighted by atomic mass is 9.87. The maximum absolute atomic E-state index is 12.7. The van der Waals surface area contributed by atoms with Crippen molar-refractivity contribution in [2.75, 3.05) is 0 Å². The maximum Gasteiger partial charge on any atom is 0.123 e. The topological polar surface area (TPSA) is 12.0 Å². The van der Waals surface area contributed by atoms with E-state index >= 15 is 0 Å². The third-order valence-corrected chi connectivity index (χ3v) is 3.52. The lowest BCUT2D eigenvalue weighted by Gasteiger charge is -2.27. The molecule has 0 saturated heterocycles. The van der Waals surface area contributed by atoms with Crippen LogP contribution in [-0.2, 0) is 6.54 Å². The summed E-state index contributed by atoms with van der Waals surface area (Å²) in [4.78, 5) is 0. The van der Waals surface area contributed by atoms with Gasteiger partial charge in [-0.05, 0) is 49.3 Å². The first-order chi connectivity index (χ1) is 7.74. The van der Waals surface area contributed by atoms with E-state index in [0.29, 0.717) is 6.04 Å². The first-order valence-corrected chi connectivity index (χ1v) is 6.22. The third-order valence-electron chi connectivity index (χ3n) is 3.52. The fraction of sp³-hybridized carbons (Fsp3) is 0.571. The Balaban J connectivity index is 1.77. The van der Waals surface area contributed by atoms with E-state index in [0.717, 1.165) is 12.5 Å². The second-order valence-electron chi connectivity index (χ2n) is 4.96. The summed E-state index contributed by atoms with van der Waals surface area (Å²) in [5, 5.41) is 3.56. The highest BCUT2D eigenvalue weighted by Gasteiger charge is 2.17. The summed E-state index contributed by atoms with van der Waals surface area (Å²) >= 11 is 0. The summed E-state index contributed by atoms with van der Waals surface area (Å²) in [6.45, 7) is 3.19. The number of hydrogen-bond acceptors (Lipinski definition) is 1. The molecule has 0 amide bonds. The Morgan fingerprint density at radius 1 is 1.12 bits per heavy atom. The van der Waals surface area contributed by atoms with E-state index in [-0.39, 0.29) is 5.82 Å². The van der Waals surface area contributed by atoms with Crippen molar-refractivity contribution in [3.63, 3.8) is 0 Å². The molecule has 1 saturated carbocycles. The predicted octanol–water partition coefficient (Wildman–Crippen LogP) is 3.49. The highest BCUT2D eigenvalue weighted by atomic mass is 19.1. The molecule has 0 atom stereocenters. The van der Waals surface area contributed by atoms with Crippen LogP contribution < -0.4 is 5.32 Å². The van der Waals surface area contributed by atoms with Crippen molar-refractivity contribution < 1.29 is 4.39 Å². The standard InChI is InChI=1S/C14H20FN/c1-11-2-8-14(9-3-11)16-10-12-4-6-13(15)7-5-12/h4-7,11,14,16H,2-3,8-10H2,1H3. The smallest absolute Gasteiger partial charge is 0.123 e. The molecular formula is C14H20FN. The summed E-state index contributed by atoms with van der Waals surface area (Å²) in [5.41, 5.74) is 1.17. The first kappa shape index (κ1) is 11.6. The van der Waals surface area contributed by atoms with Crippen molar-refractivity contribution in [3.8, 4) is 0 Å². The second-order valence-corrected chi connectivity index (χ2v) is 4.96. The summed E-state index contributed by atoms with van der Waals surface area (Å²) in [5.74, 6) is 0.735. The van der Waals surface area contributed by atoms with E-state index in [9.17, 15) is 4.39 Å². The van der Waals surface area contributed by atoms with Gasteiger partial charge in [0.1, 0.15) is 5.82 Å². The lowest BCUT2D eigenvalue weighted by Crippen LogP contribution is -2.32. The molecule has 88 valence electrons. The van der Waals surface area contributed by atoms with Crippen molar-refractivity contribution in [1.82, 2.24) is 5.32 Å². The minimum absolute atomic E-state index is 0.157. The Kier molecular flexibility index (Phi) is 3.94. The van der Waals surface area contributed by atoms with Gasteiger partial charge in [0.25, 0.3) is 0 Å². The van der Waals surface area contributed by atoms with Crippen LogP contribution in [0.25, 0.3) is 0 Å². The van der Waals surface area contributed by atoms with Crippen LogP contribution >= 0.6 is 0 Å². The third kappa shape index (κ3) is 3.31. The Bertz CT molecular complexity index is 312. The van der Waals surface area contributed by atoms with Crippen molar-refractivity contribution >= 4 is 0 Å². The SMILES string of the molecule is CC1CCC(NCc2ccc(F)cc2)CC1. The van der Waals surface area contributed by atoms with Crippen LogP contribution in [0.4, 0.5) is 4.39 Å². The zero-order valence-corrected chi connectivity index (χ0v) is 9.88. The van der Waals surface area contributed by atoms with Gasteiger partial charge in [-0.1, -0.05) is 19.1 Å². The summed E-state index contributed by atoms with van der Waals surface area (Å²) in [6, 6.07) is 7.42. The van der Waals surface area contributed by atoms with Gasteiger partial charge in [-0.15, -0.1) is 0 Å². The van der Waals surface area contributed by atoms with E-state index in [4.69, 9.17) is 0 Å². The molecule has 16 heavy (non-hydrogen) atoms. The number of rotatable bonds is 3. The zero-order chi connectivity index (χ0) is 11.4. The van der Waals surface area contributed by atoms with Gasteiger partial charge in [-0.25, -0.2) is 4.39 Å². The predicted molar refractivity (Wildman–Crippen MR) is 64.7 cm³/mol. The Morgan fingerprint density at radius 3 is 2.38 bits per heavy atom. The average molecular weight is 221 g/mol. The fourth-order valence-electron chi connectivity index (χ4n) is 2.33. The van der Waals surface area contributed by atoms with Gasteiger partial charge in [0.05, 0.1) is 0 Å². The molecule has 0 spiro atoms. The van der Waals surface area contributed by atoms with Crippen molar-refractivity contribution in [2.45, 2.75) is 45.2 Å². The molecule has 1 aromatic carbocycles. The molecule has 0 unspecified atom stereocenters. The molecular weight excluding hydrogens is 201 g/mol. The average Bonchev–Trinajstić information content (AvgIpc) is 2.30. The van der Waals surface area contributed by atoms with Crippen LogP contribution in [0.15, 0.2) is 24.3 Å². The number of halogens is 1. The highest BCUT2D eigenvalue weighted by molar-refractivity contribution is 5.15. The van der Waals surface area contributed by atoms with Gasteiger partial charge in [0.15, 0.2) is 0 Å². The summed E-state index contributed by atoms with van der Waals surface area (Å²) < 4.78 is 12.7. The molecule has 2 rings (SSSR count). The molecule has 1 aliphatic rings. The molecule has 0 aromatic heterocycles. The Morgan fingerprint density at radius 2 is 1.75 bits per heavy atom. The highest BCUT2D eigenvalue weighted by Crippen LogP contribution is 2.23. The van der Waals surface area contributed by atoms with E-state index in [2.05, 4.69) is 12.2 Å². The number of hydrogen-bond donors (Lipinski definition) is 1. The van der Waals surface area contributed by atoms with E-state index < -0.39 is 0 Å². The Hall–Kier alpha value is -0.890. The summed E-state index contributed by atoms with van der Waals surface area (Å²) in [7, 11) is 0. The number of benzene rings is 1. The summed E-state index contributed by atoms with van der Waals surface area (Å²) in [6.07, 6.45) is 5.23. The zero-order valence-electron chi connectivity index (χ0n) is 9.88. The normalized spacial score (nSPS) is 25.6. The van der Waals surface area contributed by atoms with Crippen molar-refractivity contribution in [2.24, 2.45) is 5.92 Å². The molecule has 1 aromatic rings. The maximum atomic E-state index is 12.7. The monoisotopic (exact) mass is 221 g/mol. The van der Waals surface area contributed by atoms with E-state index in [1.54, 1.807) is 0 Å². The number of nitrogens with one attached hydrogen (secondary N) is 1.